The van der Waals surface area contributed by atoms with Crippen LogP contribution in [0.3, 0.4) is 0 Å². The summed E-state index contributed by atoms with van der Waals surface area (Å²) in [6.07, 6.45) is 13.8. The van der Waals surface area contributed by atoms with Crippen LogP contribution in [-0.4, -0.2) is 91.5 Å². The van der Waals surface area contributed by atoms with Gasteiger partial charge in [0.05, 0.1) is 48.8 Å². The molecule has 0 saturated carbocycles. The molecular formula is C35H64O9. The molecule has 5 unspecified atom stereocenters. The number of hydrogen-bond acceptors (Lipinski definition) is 9. The van der Waals surface area contributed by atoms with Gasteiger partial charge in [-0.05, 0) is 77.2 Å². The van der Waals surface area contributed by atoms with Gasteiger partial charge in [-0.2, -0.15) is 0 Å². The first-order valence-electron chi connectivity index (χ1n) is 17.8. The van der Waals surface area contributed by atoms with Crippen molar-refractivity contribution >= 4 is 5.97 Å². The van der Waals surface area contributed by atoms with E-state index in [0.717, 1.165) is 25.7 Å². The van der Waals surface area contributed by atoms with Crippen LogP contribution < -0.4 is 0 Å². The summed E-state index contributed by atoms with van der Waals surface area (Å²) in [5, 5.41) is 62.3. The lowest BCUT2D eigenvalue weighted by molar-refractivity contribution is -0.139. The fraction of sp³-hybridized carbons (Fsp3) is 0.914. The van der Waals surface area contributed by atoms with Crippen molar-refractivity contribution in [2.75, 3.05) is 0 Å². The molecule has 1 saturated heterocycles. The number of aliphatic hydroxyl groups excluding tert-OH is 6. The van der Waals surface area contributed by atoms with Crippen LogP contribution in [0, 0.1) is 0 Å². The van der Waals surface area contributed by atoms with Crippen molar-refractivity contribution < 1.29 is 44.9 Å². The number of cyclic esters (lactones) is 1. The second kappa shape index (κ2) is 22.5. The maximum atomic E-state index is 11.7. The van der Waals surface area contributed by atoms with E-state index in [1.165, 1.54) is 51.4 Å². The highest BCUT2D eigenvalue weighted by molar-refractivity contribution is 5.90. The highest BCUT2D eigenvalue weighted by Gasteiger charge is 2.31. The van der Waals surface area contributed by atoms with Crippen LogP contribution in [0.1, 0.15) is 149 Å². The first-order chi connectivity index (χ1) is 21.1. The zero-order valence-corrected chi connectivity index (χ0v) is 27.5. The lowest BCUT2D eigenvalue weighted by atomic mass is 9.97. The number of ether oxygens (including phenoxy) is 2. The van der Waals surface area contributed by atoms with E-state index in [0.29, 0.717) is 44.1 Å². The van der Waals surface area contributed by atoms with Gasteiger partial charge in [-0.3, -0.25) is 0 Å². The monoisotopic (exact) mass is 628 g/mol. The van der Waals surface area contributed by atoms with Crippen molar-refractivity contribution in [2.45, 2.75) is 204 Å². The molecule has 0 bridgehead atoms. The molecular weight excluding hydrogens is 564 g/mol. The summed E-state index contributed by atoms with van der Waals surface area (Å²) in [6.45, 7) is 3.99. The van der Waals surface area contributed by atoms with Gasteiger partial charge in [-0.15, -0.1) is 0 Å². The maximum Gasteiger partial charge on any atom is 0.334 e. The van der Waals surface area contributed by atoms with Gasteiger partial charge in [0.2, 0.25) is 0 Å². The Hall–Kier alpha value is -1.07. The lowest BCUT2D eigenvalue weighted by Gasteiger charge is -2.23. The summed E-state index contributed by atoms with van der Waals surface area (Å²) in [5.74, 6) is -0.410. The zero-order valence-electron chi connectivity index (χ0n) is 27.5. The molecule has 0 spiro atoms. The number of hydrogen-bond donors (Lipinski definition) is 6. The number of unbranched alkanes of at least 4 members (excludes halogenated alkanes) is 9. The van der Waals surface area contributed by atoms with Crippen molar-refractivity contribution in [2.24, 2.45) is 0 Å². The molecule has 44 heavy (non-hydrogen) atoms. The summed E-state index contributed by atoms with van der Waals surface area (Å²) < 4.78 is 11.1. The Kier molecular flexibility index (Phi) is 20.0. The molecule has 1 fully saturated rings. The fourth-order valence-corrected chi connectivity index (χ4v) is 6.42. The summed E-state index contributed by atoms with van der Waals surface area (Å²) >= 11 is 0. The molecule has 258 valence electrons. The topological polar surface area (TPSA) is 157 Å². The SMILES string of the molecule is CCCCCCCCCCCCC(O)C(O)CC[C@H](O)[C@H]1CCC(CCCC(O)C(O)CC[C@@H](O)CC2=C[C@H](C)OC2=O)O1. The largest absolute Gasteiger partial charge is 0.455 e. The highest BCUT2D eigenvalue weighted by atomic mass is 16.5. The van der Waals surface area contributed by atoms with E-state index in [1.807, 2.05) is 0 Å². The Labute approximate surface area is 266 Å². The summed E-state index contributed by atoms with van der Waals surface area (Å²) in [4.78, 5) is 11.7. The van der Waals surface area contributed by atoms with E-state index in [2.05, 4.69) is 6.92 Å². The van der Waals surface area contributed by atoms with Gasteiger partial charge in [-0.25, -0.2) is 4.79 Å². The van der Waals surface area contributed by atoms with E-state index in [-0.39, 0.29) is 37.6 Å². The average Bonchev–Trinajstić information content (AvgIpc) is 3.60. The van der Waals surface area contributed by atoms with Crippen molar-refractivity contribution in [1.82, 2.24) is 0 Å². The van der Waals surface area contributed by atoms with E-state index in [1.54, 1.807) is 13.0 Å². The maximum absolute atomic E-state index is 11.7. The molecule has 9 nitrogen and oxygen atoms in total. The van der Waals surface area contributed by atoms with Crippen molar-refractivity contribution in [3.8, 4) is 0 Å². The molecule has 0 radical (unpaired) electrons. The van der Waals surface area contributed by atoms with E-state index < -0.39 is 42.6 Å². The predicted octanol–water partition coefficient (Wildman–Crippen LogP) is 5.00. The van der Waals surface area contributed by atoms with Crippen LogP contribution in [0.4, 0.5) is 0 Å². The summed E-state index contributed by atoms with van der Waals surface area (Å²) in [7, 11) is 0. The minimum atomic E-state index is -0.959. The van der Waals surface area contributed by atoms with Gasteiger partial charge in [0.1, 0.15) is 6.10 Å². The molecule has 6 N–H and O–H groups in total. The van der Waals surface area contributed by atoms with Crippen LogP contribution in [0.2, 0.25) is 0 Å². The Bertz CT molecular complexity index is 790. The first-order valence-corrected chi connectivity index (χ1v) is 17.8. The van der Waals surface area contributed by atoms with E-state index in [4.69, 9.17) is 9.47 Å². The van der Waals surface area contributed by atoms with Gasteiger partial charge in [0, 0.05) is 12.0 Å². The van der Waals surface area contributed by atoms with Gasteiger partial charge in [-0.1, -0.05) is 71.1 Å². The van der Waals surface area contributed by atoms with Crippen LogP contribution in [-0.2, 0) is 14.3 Å². The molecule has 2 aliphatic heterocycles. The molecule has 0 aliphatic carbocycles. The molecule has 9 heteroatoms. The Balaban J connectivity index is 1.50. The van der Waals surface area contributed by atoms with Gasteiger partial charge >= 0.3 is 5.97 Å². The average molecular weight is 629 g/mol. The van der Waals surface area contributed by atoms with Crippen molar-refractivity contribution in [1.29, 1.82) is 0 Å². The minimum Gasteiger partial charge on any atom is -0.455 e. The molecule has 0 aromatic carbocycles. The number of carbonyl (C=O) groups is 1. The van der Waals surface area contributed by atoms with Crippen LogP contribution in [0.25, 0.3) is 0 Å². The predicted molar refractivity (Wildman–Crippen MR) is 171 cm³/mol. The van der Waals surface area contributed by atoms with E-state index >= 15 is 0 Å². The van der Waals surface area contributed by atoms with Gasteiger partial charge < -0.3 is 40.1 Å². The molecule has 0 amide bonds. The Morgan fingerprint density at radius 2 is 1.25 bits per heavy atom. The van der Waals surface area contributed by atoms with Crippen molar-refractivity contribution in [3.05, 3.63) is 11.6 Å². The first kappa shape index (κ1) is 39.1. The third kappa shape index (κ3) is 16.0. The summed E-state index contributed by atoms with van der Waals surface area (Å²) in [5.41, 5.74) is 0.452. The smallest absolute Gasteiger partial charge is 0.334 e. The van der Waals surface area contributed by atoms with Gasteiger partial charge in [0.15, 0.2) is 0 Å². The highest BCUT2D eigenvalue weighted by Crippen LogP contribution is 2.28. The zero-order chi connectivity index (χ0) is 32.3. The van der Waals surface area contributed by atoms with Crippen molar-refractivity contribution in [3.63, 3.8) is 0 Å². The summed E-state index contributed by atoms with van der Waals surface area (Å²) in [6, 6.07) is 0. The molecule has 9 atom stereocenters. The Morgan fingerprint density at radius 3 is 1.84 bits per heavy atom. The van der Waals surface area contributed by atoms with Gasteiger partial charge in [0.25, 0.3) is 0 Å². The normalized spacial score (nSPS) is 24.5. The minimum absolute atomic E-state index is 0.0190. The van der Waals surface area contributed by atoms with E-state index in [9.17, 15) is 35.4 Å². The molecule has 2 heterocycles. The third-order valence-electron chi connectivity index (χ3n) is 9.34. The Morgan fingerprint density at radius 1 is 0.705 bits per heavy atom. The number of rotatable bonds is 26. The van der Waals surface area contributed by atoms with Crippen LogP contribution in [0.15, 0.2) is 11.6 Å². The second-order valence-corrected chi connectivity index (χ2v) is 13.4. The quantitative estimate of drug-likeness (QED) is 0.0573. The molecule has 2 rings (SSSR count). The molecule has 0 aromatic rings. The standard InChI is InChI=1S/C35H64O9/c1-3-4-5-6-7-8-9-10-11-12-15-29(37)32(40)20-21-33(41)34-22-18-28(44-34)14-13-16-30(38)31(39)19-17-27(36)24-26-23-25(2)43-35(26)42/h23,25,27-34,36-41H,3-22,24H2,1-2H3/t25-,27+,28?,29?,30?,31?,32?,33-,34+/m0/s1. The number of aliphatic hydroxyl groups is 6. The van der Waals surface area contributed by atoms with Crippen LogP contribution in [0.5, 0.6) is 0 Å². The lowest BCUT2D eigenvalue weighted by Crippen LogP contribution is -2.31. The van der Waals surface area contributed by atoms with Crippen LogP contribution >= 0.6 is 0 Å². The second-order valence-electron chi connectivity index (χ2n) is 13.4. The number of carbonyl (C=O) groups excluding carboxylic acids is 1. The molecule has 2 aliphatic rings. The molecule has 0 aromatic heterocycles. The number of esters is 1. The fourth-order valence-electron chi connectivity index (χ4n) is 6.42. The third-order valence-corrected chi connectivity index (χ3v) is 9.34.